The number of thioether (sulfide) groups is 1. The van der Waals surface area contributed by atoms with Gasteiger partial charge < -0.3 is 5.32 Å². The molecule has 2 unspecified atom stereocenters. The summed E-state index contributed by atoms with van der Waals surface area (Å²) in [6.07, 6.45) is 1.25. The third-order valence-electron chi connectivity index (χ3n) is 3.25. The Bertz CT molecular complexity index is 410. The molecule has 2 atom stereocenters. The lowest BCUT2D eigenvalue weighted by atomic mass is 10.0. The van der Waals surface area contributed by atoms with Crippen molar-refractivity contribution in [2.75, 3.05) is 6.54 Å². The quantitative estimate of drug-likeness (QED) is 0.862. The summed E-state index contributed by atoms with van der Waals surface area (Å²) < 4.78 is 0. The minimum Gasteiger partial charge on any atom is -0.357 e. The van der Waals surface area contributed by atoms with Crippen molar-refractivity contribution in [3.05, 3.63) is 22.4 Å². The van der Waals surface area contributed by atoms with Crippen LogP contribution in [0.2, 0.25) is 0 Å². The molecule has 1 aromatic rings. The zero-order valence-electron chi connectivity index (χ0n) is 12.2. The molecule has 1 N–H and O–H groups in total. The van der Waals surface area contributed by atoms with Gasteiger partial charge >= 0.3 is 0 Å². The third kappa shape index (κ3) is 4.25. The van der Waals surface area contributed by atoms with Gasteiger partial charge in [0.2, 0.25) is 0 Å². The van der Waals surface area contributed by atoms with Crippen molar-refractivity contribution in [1.29, 1.82) is 0 Å². The minimum absolute atomic E-state index is 0.393. The summed E-state index contributed by atoms with van der Waals surface area (Å²) >= 11 is 3.75. The highest BCUT2D eigenvalue weighted by molar-refractivity contribution is 8.14. The maximum atomic E-state index is 4.68. The van der Waals surface area contributed by atoms with Crippen molar-refractivity contribution in [3.63, 3.8) is 0 Å². The summed E-state index contributed by atoms with van der Waals surface area (Å²) in [5.74, 6) is 1.33. The van der Waals surface area contributed by atoms with Gasteiger partial charge in [0.25, 0.3) is 0 Å². The lowest BCUT2D eigenvalue weighted by Crippen LogP contribution is -2.28. The molecular weight excluding hydrogens is 272 g/mol. The van der Waals surface area contributed by atoms with Gasteiger partial charge in [-0.3, -0.25) is 4.99 Å². The topological polar surface area (TPSA) is 24.4 Å². The Kier molecular flexibility index (Phi) is 5.34. The van der Waals surface area contributed by atoms with E-state index in [0.717, 1.165) is 17.6 Å². The summed E-state index contributed by atoms with van der Waals surface area (Å²) in [5, 5.41) is 7.60. The molecular formula is C15H24N2S2. The molecule has 0 spiro atoms. The zero-order chi connectivity index (χ0) is 13.8. The summed E-state index contributed by atoms with van der Waals surface area (Å²) in [4.78, 5) is 6.08. The summed E-state index contributed by atoms with van der Waals surface area (Å²) in [5.41, 5.74) is 0. The molecule has 2 rings (SSSR count). The molecule has 1 aliphatic rings. The van der Waals surface area contributed by atoms with Crippen LogP contribution in [-0.4, -0.2) is 17.0 Å². The van der Waals surface area contributed by atoms with E-state index in [2.05, 4.69) is 55.5 Å². The minimum atomic E-state index is 0.393. The Hall–Kier alpha value is -0.480. The van der Waals surface area contributed by atoms with Crippen LogP contribution in [0.25, 0.3) is 0 Å². The molecule has 4 heteroatoms. The van der Waals surface area contributed by atoms with E-state index in [9.17, 15) is 0 Å². The van der Waals surface area contributed by atoms with Gasteiger partial charge in [-0.1, -0.05) is 45.5 Å². The molecule has 0 aliphatic carbocycles. The Morgan fingerprint density at radius 1 is 1.37 bits per heavy atom. The molecule has 2 heterocycles. The van der Waals surface area contributed by atoms with Gasteiger partial charge in [-0.25, -0.2) is 0 Å². The van der Waals surface area contributed by atoms with Crippen LogP contribution in [-0.2, 0) is 0 Å². The SMILES string of the molecule is CC(C)CC1CN=C(NC(c2cccs2)C(C)C)S1. The lowest BCUT2D eigenvalue weighted by molar-refractivity contribution is 0.481. The van der Waals surface area contributed by atoms with Gasteiger partial charge in [0.1, 0.15) is 0 Å². The molecule has 0 saturated carbocycles. The van der Waals surface area contributed by atoms with Crippen molar-refractivity contribution < 1.29 is 0 Å². The molecule has 0 aromatic carbocycles. The van der Waals surface area contributed by atoms with E-state index < -0.39 is 0 Å². The van der Waals surface area contributed by atoms with Crippen molar-refractivity contribution in [2.45, 2.75) is 45.4 Å². The third-order valence-corrected chi connectivity index (χ3v) is 5.35. The maximum absolute atomic E-state index is 4.68. The summed E-state index contributed by atoms with van der Waals surface area (Å²) in [6, 6.07) is 4.74. The lowest BCUT2D eigenvalue weighted by Gasteiger charge is -2.22. The van der Waals surface area contributed by atoms with E-state index in [4.69, 9.17) is 0 Å². The van der Waals surface area contributed by atoms with Crippen molar-refractivity contribution >= 4 is 28.3 Å². The molecule has 0 bridgehead atoms. The molecule has 1 aliphatic heterocycles. The molecule has 0 fully saturated rings. The second kappa shape index (κ2) is 6.80. The second-order valence-corrected chi connectivity index (χ2v) is 8.17. The van der Waals surface area contributed by atoms with Gasteiger partial charge in [0.15, 0.2) is 5.17 Å². The fourth-order valence-corrected chi connectivity index (χ4v) is 4.55. The zero-order valence-corrected chi connectivity index (χ0v) is 13.9. The predicted octanol–water partition coefficient (Wildman–Crippen LogP) is 4.55. The highest BCUT2D eigenvalue weighted by atomic mass is 32.2. The molecule has 19 heavy (non-hydrogen) atoms. The molecule has 0 radical (unpaired) electrons. The van der Waals surface area contributed by atoms with Crippen LogP contribution in [0.15, 0.2) is 22.5 Å². The number of hydrogen-bond donors (Lipinski definition) is 1. The van der Waals surface area contributed by atoms with Crippen LogP contribution < -0.4 is 5.32 Å². The second-order valence-electron chi connectivity index (χ2n) is 5.90. The summed E-state index contributed by atoms with van der Waals surface area (Å²) in [6.45, 7) is 10.1. The first-order valence-electron chi connectivity index (χ1n) is 7.07. The Morgan fingerprint density at radius 2 is 2.16 bits per heavy atom. The first kappa shape index (κ1) is 14.9. The van der Waals surface area contributed by atoms with Gasteiger partial charge in [-0.15, -0.1) is 11.3 Å². The van der Waals surface area contributed by atoms with E-state index in [1.54, 1.807) is 0 Å². The summed E-state index contributed by atoms with van der Waals surface area (Å²) in [7, 11) is 0. The highest BCUT2D eigenvalue weighted by Crippen LogP contribution is 2.30. The van der Waals surface area contributed by atoms with Crippen molar-refractivity contribution in [2.24, 2.45) is 16.8 Å². The standard InChI is InChI=1S/C15H24N2S2/c1-10(2)8-12-9-16-15(19-12)17-14(11(3)4)13-6-5-7-18-13/h5-7,10-12,14H,8-9H2,1-4H3,(H,16,17). The maximum Gasteiger partial charge on any atom is 0.157 e. The number of aliphatic imine (C=N–C) groups is 1. The van der Waals surface area contributed by atoms with E-state index in [0.29, 0.717) is 17.2 Å². The Balaban J connectivity index is 1.93. The number of thiophene rings is 1. The predicted molar refractivity (Wildman–Crippen MR) is 88.2 cm³/mol. The van der Waals surface area contributed by atoms with Crippen LogP contribution in [0.4, 0.5) is 0 Å². The van der Waals surface area contributed by atoms with E-state index in [1.807, 2.05) is 23.1 Å². The Morgan fingerprint density at radius 3 is 2.74 bits per heavy atom. The van der Waals surface area contributed by atoms with Crippen molar-refractivity contribution in [3.8, 4) is 0 Å². The van der Waals surface area contributed by atoms with Gasteiger partial charge in [0, 0.05) is 10.1 Å². The average molecular weight is 297 g/mol. The Labute approximate surface area is 125 Å². The van der Waals surface area contributed by atoms with Crippen LogP contribution in [0.3, 0.4) is 0 Å². The number of amidine groups is 1. The smallest absolute Gasteiger partial charge is 0.157 e. The van der Waals surface area contributed by atoms with Gasteiger partial charge in [-0.05, 0) is 29.7 Å². The van der Waals surface area contributed by atoms with Crippen LogP contribution in [0.5, 0.6) is 0 Å². The normalized spacial score (nSPS) is 20.9. The number of nitrogens with zero attached hydrogens (tertiary/aromatic N) is 1. The highest BCUT2D eigenvalue weighted by Gasteiger charge is 2.24. The molecule has 2 nitrogen and oxygen atoms in total. The van der Waals surface area contributed by atoms with Gasteiger partial charge in [-0.2, -0.15) is 0 Å². The largest absolute Gasteiger partial charge is 0.357 e. The molecule has 1 aromatic heterocycles. The molecule has 0 saturated heterocycles. The average Bonchev–Trinajstić information content (AvgIpc) is 2.95. The monoisotopic (exact) mass is 296 g/mol. The first-order valence-corrected chi connectivity index (χ1v) is 8.83. The van der Waals surface area contributed by atoms with Crippen molar-refractivity contribution in [1.82, 2.24) is 5.32 Å². The van der Waals surface area contributed by atoms with E-state index >= 15 is 0 Å². The first-order chi connectivity index (χ1) is 9.06. The molecule has 106 valence electrons. The fourth-order valence-electron chi connectivity index (χ4n) is 2.31. The van der Waals surface area contributed by atoms with Crippen LogP contribution >= 0.6 is 23.1 Å². The number of hydrogen-bond acceptors (Lipinski definition) is 4. The van der Waals surface area contributed by atoms with Gasteiger partial charge in [0.05, 0.1) is 12.6 Å². The fraction of sp³-hybridized carbons (Fsp3) is 0.667. The number of rotatable bonds is 5. The van der Waals surface area contributed by atoms with E-state index in [-0.39, 0.29) is 0 Å². The van der Waals surface area contributed by atoms with Crippen LogP contribution in [0.1, 0.15) is 45.0 Å². The number of nitrogens with one attached hydrogen (secondary N) is 1. The molecule has 0 amide bonds. The van der Waals surface area contributed by atoms with Crippen LogP contribution in [0, 0.1) is 11.8 Å². The van der Waals surface area contributed by atoms with E-state index in [1.165, 1.54) is 11.3 Å².